The quantitative estimate of drug-likeness (QED) is 0.342. The number of hydrogen-bond acceptors (Lipinski definition) is 5. The van der Waals surface area contributed by atoms with Crippen LogP contribution in [0.4, 0.5) is 5.82 Å². The van der Waals surface area contributed by atoms with Gasteiger partial charge in [0.15, 0.2) is 0 Å². The van der Waals surface area contributed by atoms with Gasteiger partial charge in [-0.25, -0.2) is 4.98 Å². The molecule has 1 rings (SSSR count). The lowest BCUT2D eigenvalue weighted by Gasteiger charge is -2.07. The minimum atomic E-state index is 0.599. The van der Waals surface area contributed by atoms with E-state index in [4.69, 9.17) is 9.47 Å². The predicted molar refractivity (Wildman–Crippen MR) is 111 cm³/mol. The van der Waals surface area contributed by atoms with Crippen LogP contribution >= 0.6 is 0 Å². The van der Waals surface area contributed by atoms with Crippen LogP contribution in [0.3, 0.4) is 0 Å². The van der Waals surface area contributed by atoms with E-state index in [-0.39, 0.29) is 0 Å². The monoisotopic (exact) mass is 359 g/mol. The number of nitrogens with one attached hydrogen (secondary N) is 1. The smallest absolute Gasteiger partial charge is 0.144 e. The summed E-state index contributed by atoms with van der Waals surface area (Å²) in [6, 6.07) is 0. The van der Waals surface area contributed by atoms with E-state index in [2.05, 4.69) is 21.9 Å². The zero-order chi connectivity index (χ0) is 19.6. The molecule has 0 unspecified atom stereocenters. The highest BCUT2D eigenvalue weighted by molar-refractivity contribution is 5.72. The number of aromatic nitrogens is 2. The van der Waals surface area contributed by atoms with Gasteiger partial charge in [-0.15, -0.1) is 0 Å². The van der Waals surface area contributed by atoms with Crippen molar-refractivity contribution >= 4 is 11.4 Å². The first-order chi connectivity index (χ1) is 12.7. The third kappa shape index (κ3) is 9.79. The Morgan fingerprint density at radius 3 is 2.50 bits per heavy atom. The Hall–Kier alpha value is -2.40. The van der Waals surface area contributed by atoms with Crippen molar-refractivity contribution in [3.05, 3.63) is 60.8 Å². The van der Waals surface area contributed by atoms with Gasteiger partial charge < -0.3 is 14.8 Å². The van der Waals surface area contributed by atoms with Gasteiger partial charge in [-0.3, -0.25) is 4.98 Å². The Labute approximate surface area is 158 Å². The zero-order valence-electron chi connectivity index (χ0n) is 16.8. The Morgan fingerprint density at radius 1 is 1.19 bits per heavy atom. The molecule has 1 aromatic rings. The SMILES string of the molecule is C=C\C(=C/C=C(\C=C/C)c1cnc(NC)cn1)OCCCOCC.CC. The fourth-order valence-electron chi connectivity index (χ4n) is 1.85. The van der Waals surface area contributed by atoms with Gasteiger partial charge in [0.05, 0.1) is 24.7 Å². The summed E-state index contributed by atoms with van der Waals surface area (Å²) in [7, 11) is 1.81. The molecule has 1 aromatic heterocycles. The molecule has 0 aliphatic rings. The van der Waals surface area contributed by atoms with Gasteiger partial charge in [0.1, 0.15) is 11.6 Å². The van der Waals surface area contributed by atoms with Crippen molar-refractivity contribution in [2.75, 3.05) is 32.2 Å². The molecule has 0 radical (unpaired) electrons. The largest absolute Gasteiger partial charge is 0.494 e. The summed E-state index contributed by atoms with van der Waals surface area (Å²) in [5.74, 6) is 1.45. The van der Waals surface area contributed by atoms with Crippen LogP contribution in [-0.2, 0) is 9.47 Å². The Kier molecular flexibility index (Phi) is 14.6. The maximum absolute atomic E-state index is 5.69. The van der Waals surface area contributed by atoms with E-state index in [0.29, 0.717) is 19.0 Å². The third-order valence-corrected chi connectivity index (χ3v) is 3.08. The fraction of sp³-hybridized carbons (Fsp3) is 0.429. The predicted octanol–water partition coefficient (Wildman–Crippen LogP) is 5.02. The molecule has 0 aliphatic carbocycles. The van der Waals surface area contributed by atoms with E-state index < -0.39 is 0 Å². The Bertz CT molecular complexity index is 575. The highest BCUT2D eigenvalue weighted by atomic mass is 16.5. The van der Waals surface area contributed by atoms with Crippen LogP contribution in [0.25, 0.3) is 5.57 Å². The molecule has 1 N–H and O–H groups in total. The summed E-state index contributed by atoms with van der Waals surface area (Å²) in [5.41, 5.74) is 1.74. The Balaban J connectivity index is 0.00000301. The molecule has 0 aliphatic heterocycles. The van der Waals surface area contributed by atoms with Crippen molar-refractivity contribution in [1.29, 1.82) is 0 Å². The minimum Gasteiger partial charge on any atom is -0.494 e. The standard InChI is InChI=1S/C19H27N3O2.C2H6/c1-5-9-16(18-14-22-19(20-4)15-21-18)10-11-17(6-2)24-13-8-12-23-7-3;1-2/h5-6,9-11,14-15H,2,7-8,12-13H2,1,3-4H3,(H,20,22);1-2H3/b9-5-,16-10+,17-11+;. The lowest BCUT2D eigenvalue weighted by atomic mass is 10.1. The first-order valence-electron chi connectivity index (χ1n) is 9.13. The molecule has 26 heavy (non-hydrogen) atoms. The van der Waals surface area contributed by atoms with E-state index in [9.17, 15) is 0 Å². The summed E-state index contributed by atoms with van der Waals surface area (Å²) in [5, 5.41) is 2.96. The molecule has 0 saturated carbocycles. The first kappa shape index (κ1) is 23.6. The topological polar surface area (TPSA) is 56.3 Å². The van der Waals surface area contributed by atoms with E-state index >= 15 is 0 Å². The normalized spacial score (nSPS) is 11.7. The number of rotatable bonds is 11. The van der Waals surface area contributed by atoms with Crippen molar-refractivity contribution in [3.8, 4) is 0 Å². The summed E-state index contributed by atoms with van der Waals surface area (Å²) >= 11 is 0. The molecule has 0 spiro atoms. The van der Waals surface area contributed by atoms with Crippen molar-refractivity contribution in [3.63, 3.8) is 0 Å². The maximum Gasteiger partial charge on any atom is 0.144 e. The van der Waals surface area contributed by atoms with E-state index in [1.165, 1.54) is 0 Å². The summed E-state index contributed by atoms with van der Waals surface area (Å²) in [6.07, 6.45) is 13.8. The van der Waals surface area contributed by atoms with Crippen LogP contribution in [0.15, 0.2) is 55.1 Å². The van der Waals surface area contributed by atoms with Crippen molar-refractivity contribution in [2.24, 2.45) is 0 Å². The summed E-state index contributed by atoms with van der Waals surface area (Å²) in [6.45, 7) is 13.8. The Morgan fingerprint density at radius 2 is 1.96 bits per heavy atom. The van der Waals surface area contributed by atoms with Gasteiger partial charge in [-0.05, 0) is 32.1 Å². The van der Waals surface area contributed by atoms with Gasteiger partial charge in [0.25, 0.3) is 0 Å². The number of anilines is 1. The van der Waals surface area contributed by atoms with Crippen LogP contribution in [-0.4, -0.2) is 36.8 Å². The maximum atomic E-state index is 5.69. The van der Waals surface area contributed by atoms with E-state index in [1.807, 2.05) is 59.0 Å². The summed E-state index contributed by atoms with van der Waals surface area (Å²) < 4.78 is 11.0. The average Bonchev–Trinajstić information content (AvgIpc) is 2.70. The lowest BCUT2D eigenvalue weighted by Crippen LogP contribution is -2.00. The number of nitrogens with zero attached hydrogens (tertiary/aromatic N) is 2. The van der Waals surface area contributed by atoms with Gasteiger partial charge in [-0.2, -0.15) is 0 Å². The molecule has 1 heterocycles. The van der Waals surface area contributed by atoms with Crippen LogP contribution in [0.2, 0.25) is 0 Å². The molecule has 0 saturated heterocycles. The zero-order valence-corrected chi connectivity index (χ0v) is 16.8. The van der Waals surface area contributed by atoms with Crippen LogP contribution in [0.1, 0.15) is 39.8 Å². The highest BCUT2D eigenvalue weighted by Crippen LogP contribution is 2.15. The number of hydrogen-bond donors (Lipinski definition) is 1. The van der Waals surface area contributed by atoms with Crippen LogP contribution in [0, 0.1) is 0 Å². The van der Waals surface area contributed by atoms with Gasteiger partial charge in [0.2, 0.25) is 0 Å². The van der Waals surface area contributed by atoms with Crippen molar-refractivity contribution in [2.45, 2.75) is 34.1 Å². The number of allylic oxidation sites excluding steroid dienone is 6. The highest BCUT2D eigenvalue weighted by Gasteiger charge is 2.01. The molecule has 0 amide bonds. The minimum absolute atomic E-state index is 0.599. The van der Waals surface area contributed by atoms with Crippen molar-refractivity contribution in [1.82, 2.24) is 9.97 Å². The van der Waals surface area contributed by atoms with E-state index in [0.717, 1.165) is 30.1 Å². The molecule has 5 nitrogen and oxygen atoms in total. The molecule has 0 fully saturated rings. The average molecular weight is 360 g/mol. The van der Waals surface area contributed by atoms with Crippen LogP contribution < -0.4 is 5.32 Å². The third-order valence-electron chi connectivity index (χ3n) is 3.08. The lowest BCUT2D eigenvalue weighted by molar-refractivity contribution is 0.118. The summed E-state index contributed by atoms with van der Waals surface area (Å²) in [4.78, 5) is 8.70. The second kappa shape index (κ2) is 16.1. The molecule has 0 bridgehead atoms. The molecule has 0 atom stereocenters. The molecular formula is C21H33N3O2. The molecular weight excluding hydrogens is 326 g/mol. The fourth-order valence-corrected chi connectivity index (χ4v) is 1.85. The second-order valence-corrected chi connectivity index (χ2v) is 4.83. The first-order valence-corrected chi connectivity index (χ1v) is 9.13. The second-order valence-electron chi connectivity index (χ2n) is 4.83. The molecule has 144 valence electrons. The van der Waals surface area contributed by atoms with Gasteiger partial charge in [0, 0.05) is 32.3 Å². The van der Waals surface area contributed by atoms with Crippen molar-refractivity contribution < 1.29 is 9.47 Å². The van der Waals surface area contributed by atoms with Gasteiger partial charge >= 0.3 is 0 Å². The van der Waals surface area contributed by atoms with E-state index in [1.54, 1.807) is 18.5 Å². The van der Waals surface area contributed by atoms with Gasteiger partial charge in [-0.1, -0.05) is 32.6 Å². The van der Waals surface area contributed by atoms with Crippen LogP contribution in [0.5, 0.6) is 0 Å². The number of ether oxygens (including phenoxy) is 2. The molecule has 0 aromatic carbocycles. The molecule has 5 heteroatoms.